The van der Waals surface area contributed by atoms with Crippen LogP contribution in [0.4, 0.5) is 0 Å². The van der Waals surface area contributed by atoms with Crippen molar-refractivity contribution in [3.05, 3.63) is 63.5 Å². The molecule has 134 valence electrons. The van der Waals surface area contributed by atoms with E-state index in [4.69, 9.17) is 0 Å². The van der Waals surface area contributed by atoms with Crippen molar-refractivity contribution in [2.75, 3.05) is 7.11 Å². The second-order valence-electron chi connectivity index (χ2n) is 5.30. The predicted octanol–water partition coefficient (Wildman–Crippen LogP) is 1.67. The molecule has 0 spiro atoms. The smallest absolute Gasteiger partial charge is 0.442 e. The van der Waals surface area contributed by atoms with Crippen molar-refractivity contribution >= 4 is 23.2 Å². The molecule has 0 saturated heterocycles. The first-order valence-corrected chi connectivity index (χ1v) is 8.51. The minimum absolute atomic E-state index is 0.199. The average molecular weight is 373 g/mol. The second-order valence-corrected chi connectivity index (χ2v) is 6.25. The lowest BCUT2D eigenvalue weighted by atomic mass is 10.1. The molecule has 1 N–H and O–H groups in total. The molecular formula is C17H15N3O5S. The van der Waals surface area contributed by atoms with Gasteiger partial charge in [-0.25, -0.2) is 14.2 Å². The van der Waals surface area contributed by atoms with Crippen LogP contribution < -0.4 is 11.1 Å². The van der Waals surface area contributed by atoms with Crippen molar-refractivity contribution in [1.82, 2.24) is 15.0 Å². The Morgan fingerprint density at radius 2 is 2.04 bits per heavy atom. The van der Waals surface area contributed by atoms with Crippen LogP contribution in [0.1, 0.15) is 15.9 Å². The Morgan fingerprint density at radius 1 is 1.27 bits per heavy atom. The fraction of sp³-hybridized carbons (Fsp3) is 0.176. The summed E-state index contributed by atoms with van der Waals surface area (Å²) in [5.41, 5.74) is 1.24. The zero-order valence-electron chi connectivity index (χ0n) is 13.8. The Labute approximate surface area is 152 Å². The third-order valence-corrected chi connectivity index (χ3v) is 4.46. The van der Waals surface area contributed by atoms with Gasteiger partial charge in [-0.05, 0) is 29.1 Å². The SMILES string of the molecule is COC(=O)c1ccc(CNC(=O)Cn2c(-c3cccs3)noc2=O)cc1. The lowest BCUT2D eigenvalue weighted by Crippen LogP contribution is -2.30. The molecule has 0 fully saturated rings. The van der Waals surface area contributed by atoms with Gasteiger partial charge in [0.2, 0.25) is 5.91 Å². The topological polar surface area (TPSA) is 103 Å². The molecule has 3 aromatic rings. The molecule has 0 unspecified atom stereocenters. The highest BCUT2D eigenvalue weighted by Crippen LogP contribution is 2.21. The number of thiophene rings is 1. The number of hydrogen-bond donors (Lipinski definition) is 1. The van der Waals surface area contributed by atoms with E-state index in [1.165, 1.54) is 23.0 Å². The van der Waals surface area contributed by atoms with Gasteiger partial charge in [0.05, 0.1) is 17.6 Å². The lowest BCUT2D eigenvalue weighted by Gasteiger charge is -2.07. The molecule has 0 aliphatic carbocycles. The molecule has 0 bridgehead atoms. The quantitative estimate of drug-likeness (QED) is 0.659. The van der Waals surface area contributed by atoms with Crippen LogP contribution in [0.5, 0.6) is 0 Å². The standard InChI is InChI=1S/C17H15N3O5S/c1-24-16(22)12-6-4-11(5-7-12)9-18-14(21)10-20-15(19-25-17(20)23)13-3-2-8-26-13/h2-8H,9-10H2,1H3,(H,18,21). The number of amides is 1. The summed E-state index contributed by atoms with van der Waals surface area (Å²) in [7, 11) is 1.31. The summed E-state index contributed by atoms with van der Waals surface area (Å²) in [6, 6.07) is 10.3. The molecule has 3 rings (SSSR count). The molecule has 0 aliphatic rings. The van der Waals surface area contributed by atoms with Gasteiger partial charge in [0.1, 0.15) is 6.54 Å². The number of ether oxygens (including phenoxy) is 1. The Kier molecular flexibility index (Phi) is 5.28. The molecule has 0 saturated carbocycles. The van der Waals surface area contributed by atoms with E-state index in [9.17, 15) is 14.4 Å². The first kappa shape index (κ1) is 17.6. The molecule has 8 nitrogen and oxygen atoms in total. The summed E-state index contributed by atoms with van der Waals surface area (Å²) >= 11 is 1.39. The van der Waals surface area contributed by atoms with Gasteiger partial charge < -0.3 is 10.1 Å². The molecule has 9 heteroatoms. The molecule has 0 radical (unpaired) electrons. The van der Waals surface area contributed by atoms with Crippen LogP contribution in [0.15, 0.2) is 51.1 Å². The Morgan fingerprint density at radius 3 is 2.69 bits per heavy atom. The maximum atomic E-state index is 12.2. The minimum atomic E-state index is -0.689. The Bertz CT molecular complexity index is 957. The summed E-state index contributed by atoms with van der Waals surface area (Å²) in [6.45, 7) is 0.0600. The molecule has 2 aromatic heterocycles. The zero-order valence-corrected chi connectivity index (χ0v) is 14.6. The highest BCUT2D eigenvalue weighted by Gasteiger charge is 2.16. The van der Waals surface area contributed by atoms with E-state index in [0.29, 0.717) is 11.4 Å². The number of nitrogens with zero attached hydrogens (tertiary/aromatic N) is 2. The maximum absolute atomic E-state index is 12.2. The number of methoxy groups -OCH3 is 1. The van der Waals surface area contributed by atoms with Crippen LogP contribution in [-0.4, -0.2) is 28.7 Å². The fourth-order valence-electron chi connectivity index (χ4n) is 2.27. The number of carbonyl (C=O) groups excluding carboxylic acids is 2. The summed E-state index contributed by atoms with van der Waals surface area (Å²) < 4.78 is 10.5. The molecule has 0 atom stereocenters. The molecule has 1 amide bonds. The van der Waals surface area contributed by atoms with E-state index in [1.54, 1.807) is 30.3 Å². The normalized spacial score (nSPS) is 10.5. The maximum Gasteiger partial charge on any atom is 0.442 e. The van der Waals surface area contributed by atoms with Crippen LogP contribution in [0.2, 0.25) is 0 Å². The summed E-state index contributed by atoms with van der Waals surface area (Å²) in [4.78, 5) is 36.1. The first-order valence-electron chi connectivity index (χ1n) is 7.63. The third kappa shape index (κ3) is 3.89. The number of aromatic nitrogens is 2. The Hall–Kier alpha value is -3.20. The summed E-state index contributed by atoms with van der Waals surface area (Å²) in [5.74, 6) is -1.15. The van der Waals surface area contributed by atoms with Crippen molar-refractivity contribution in [2.24, 2.45) is 0 Å². The molecule has 26 heavy (non-hydrogen) atoms. The van der Waals surface area contributed by atoms with E-state index in [1.807, 2.05) is 11.4 Å². The number of esters is 1. The van der Waals surface area contributed by atoms with Crippen molar-refractivity contribution in [3.63, 3.8) is 0 Å². The van der Waals surface area contributed by atoms with Gasteiger partial charge >= 0.3 is 11.7 Å². The number of rotatable bonds is 6. The Balaban J connectivity index is 1.63. The number of carbonyl (C=O) groups is 2. The minimum Gasteiger partial charge on any atom is -0.465 e. The fourth-order valence-corrected chi connectivity index (χ4v) is 2.98. The van der Waals surface area contributed by atoms with Crippen molar-refractivity contribution < 1.29 is 18.8 Å². The van der Waals surface area contributed by atoms with E-state index < -0.39 is 11.7 Å². The van der Waals surface area contributed by atoms with Gasteiger partial charge in [-0.1, -0.05) is 23.4 Å². The second kappa shape index (κ2) is 7.79. The van der Waals surface area contributed by atoms with Crippen LogP contribution in [-0.2, 0) is 22.6 Å². The van der Waals surface area contributed by atoms with Gasteiger partial charge in [0, 0.05) is 6.54 Å². The zero-order chi connectivity index (χ0) is 18.5. The molecule has 0 aliphatic heterocycles. The van der Waals surface area contributed by atoms with Gasteiger partial charge in [0.25, 0.3) is 0 Å². The lowest BCUT2D eigenvalue weighted by molar-refractivity contribution is -0.121. The third-order valence-electron chi connectivity index (χ3n) is 3.59. The number of nitrogens with one attached hydrogen (secondary N) is 1. The van der Waals surface area contributed by atoms with Crippen molar-refractivity contribution in [1.29, 1.82) is 0 Å². The largest absolute Gasteiger partial charge is 0.465 e. The van der Waals surface area contributed by atoms with Crippen molar-refractivity contribution in [3.8, 4) is 10.7 Å². The average Bonchev–Trinajstić information content (AvgIpc) is 3.30. The van der Waals surface area contributed by atoms with Crippen LogP contribution in [0, 0.1) is 0 Å². The van der Waals surface area contributed by atoms with E-state index in [2.05, 4.69) is 19.7 Å². The monoisotopic (exact) mass is 373 g/mol. The number of hydrogen-bond acceptors (Lipinski definition) is 7. The highest BCUT2D eigenvalue weighted by atomic mass is 32.1. The molecule has 2 heterocycles. The van der Waals surface area contributed by atoms with Gasteiger partial charge in [-0.15, -0.1) is 11.3 Å². The van der Waals surface area contributed by atoms with Crippen LogP contribution >= 0.6 is 11.3 Å². The van der Waals surface area contributed by atoms with E-state index in [0.717, 1.165) is 10.4 Å². The summed E-state index contributed by atoms with van der Waals surface area (Å²) in [6.07, 6.45) is 0. The highest BCUT2D eigenvalue weighted by molar-refractivity contribution is 7.13. The van der Waals surface area contributed by atoms with Gasteiger partial charge in [-0.3, -0.25) is 9.32 Å². The molecular weight excluding hydrogens is 358 g/mol. The molecule has 1 aromatic carbocycles. The van der Waals surface area contributed by atoms with Crippen LogP contribution in [0.3, 0.4) is 0 Å². The summed E-state index contributed by atoms with van der Waals surface area (Å²) in [5, 5.41) is 8.29. The van der Waals surface area contributed by atoms with Crippen molar-refractivity contribution in [2.45, 2.75) is 13.1 Å². The van der Waals surface area contributed by atoms with Crippen LogP contribution in [0.25, 0.3) is 10.7 Å². The van der Waals surface area contributed by atoms with Gasteiger partial charge in [-0.2, -0.15) is 0 Å². The number of benzene rings is 1. The predicted molar refractivity (Wildman–Crippen MR) is 93.7 cm³/mol. The first-order chi connectivity index (χ1) is 12.6. The van der Waals surface area contributed by atoms with E-state index in [-0.39, 0.29) is 19.0 Å². The van der Waals surface area contributed by atoms with Gasteiger partial charge in [0.15, 0.2) is 5.82 Å². The van der Waals surface area contributed by atoms with E-state index >= 15 is 0 Å².